The maximum atomic E-state index is 6.84. The van der Waals surface area contributed by atoms with Gasteiger partial charge in [0.05, 0.1) is 5.69 Å². The predicted octanol–water partition coefficient (Wildman–Crippen LogP) is 14.5. The Kier molecular flexibility index (Phi) is 11.0. The first-order valence-electron chi connectivity index (χ1n) is 21.2. The molecule has 1 aliphatic rings. The molecule has 1 aliphatic heterocycles. The van der Waals surface area contributed by atoms with Crippen molar-refractivity contribution >= 4 is 44.6 Å². The SMILES string of the molecule is Cc1cccc(C)c1-c1cccc(N2[CH-]N(c3[c-]c(Oc4[c-]c5c(cc4)c4ccc(C(C)(C)C)cc4n5-c4cc(C(C)(C)C)ccn4)cc(C(C)(C)C)c3)c3cnccc32)c1.[Pt]. The average Bonchev–Trinajstić information content (AvgIpc) is 3.76. The van der Waals surface area contributed by atoms with Crippen molar-refractivity contribution in [2.24, 2.45) is 0 Å². The number of aryl methyl sites for hydroxylation is 2. The van der Waals surface area contributed by atoms with Gasteiger partial charge in [0.2, 0.25) is 0 Å². The third-order valence-corrected chi connectivity index (χ3v) is 12.0. The number of aromatic nitrogens is 3. The van der Waals surface area contributed by atoms with Crippen molar-refractivity contribution in [3.05, 3.63) is 168 Å². The third kappa shape index (κ3) is 7.95. The van der Waals surface area contributed by atoms with E-state index in [0.29, 0.717) is 11.5 Å². The van der Waals surface area contributed by atoms with Crippen molar-refractivity contribution < 1.29 is 25.8 Å². The van der Waals surface area contributed by atoms with Crippen LogP contribution >= 0.6 is 0 Å². The minimum Gasteiger partial charge on any atom is -0.509 e. The van der Waals surface area contributed by atoms with Crippen LogP contribution in [0.4, 0.5) is 22.7 Å². The fraction of sp³-hybridized carbons (Fsp3) is 0.255. The van der Waals surface area contributed by atoms with Gasteiger partial charge in [-0.2, -0.15) is 6.07 Å². The van der Waals surface area contributed by atoms with Gasteiger partial charge in [0.15, 0.2) is 0 Å². The molecule has 0 fully saturated rings. The molecule has 0 N–H and O–H groups in total. The van der Waals surface area contributed by atoms with Gasteiger partial charge in [-0.1, -0.05) is 110 Å². The molecule has 6 nitrogen and oxygen atoms in total. The van der Waals surface area contributed by atoms with Crippen LogP contribution in [0.3, 0.4) is 0 Å². The molecule has 0 radical (unpaired) electrons. The van der Waals surface area contributed by atoms with E-state index in [-0.39, 0.29) is 37.3 Å². The van der Waals surface area contributed by atoms with Crippen LogP contribution in [0.15, 0.2) is 122 Å². The summed E-state index contributed by atoms with van der Waals surface area (Å²) >= 11 is 0. The fourth-order valence-electron chi connectivity index (χ4n) is 8.44. The zero-order valence-electron chi connectivity index (χ0n) is 37.6. The molecular weight excluding hydrogens is 942 g/mol. The zero-order chi connectivity index (χ0) is 43.0. The number of ether oxygens (including phenoxy) is 1. The first-order valence-corrected chi connectivity index (χ1v) is 21.2. The van der Waals surface area contributed by atoms with Gasteiger partial charge in [-0.15, -0.1) is 53.6 Å². The topological polar surface area (TPSA) is 46.4 Å². The number of hydrogen-bond donors (Lipinski definition) is 0. The second kappa shape index (κ2) is 15.9. The molecule has 0 saturated heterocycles. The van der Waals surface area contributed by atoms with Crippen LogP contribution in [0.1, 0.15) is 90.1 Å². The van der Waals surface area contributed by atoms with Crippen molar-refractivity contribution in [3.63, 3.8) is 0 Å². The Labute approximate surface area is 381 Å². The molecule has 9 rings (SSSR count). The Balaban J connectivity index is 0.00000529. The molecule has 0 unspecified atom stereocenters. The fourth-order valence-corrected chi connectivity index (χ4v) is 8.44. The summed E-state index contributed by atoms with van der Waals surface area (Å²) in [6.45, 7) is 26.7. The van der Waals surface area contributed by atoms with E-state index in [9.17, 15) is 0 Å². The molecule has 5 aromatic carbocycles. The van der Waals surface area contributed by atoms with Crippen LogP contribution in [0.5, 0.6) is 11.5 Å². The first kappa shape index (κ1) is 43.0. The van der Waals surface area contributed by atoms with Gasteiger partial charge >= 0.3 is 0 Å². The number of benzene rings is 5. The quantitative estimate of drug-likeness (QED) is 0.155. The molecule has 0 atom stereocenters. The molecule has 4 heterocycles. The molecule has 7 heteroatoms. The van der Waals surface area contributed by atoms with Crippen LogP contribution in [-0.2, 0) is 37.3 Å². The Bertz CT molecular complexity index is 2960. The van der Waals surface area contributed by atoms with Crippen LogP contribution < -0.4 is 14.5 Å². The number of fused-ring (bicyclic) bond motifs is 4. The van der Waals surface area contributed by atoms with Crippen molar-refractivity contribution in [1.29, 1.82) is 0 Å². The summed E-state index contributed by atoms with van der Waals surface area (Å²) in [7, 11) is 0. The number of rotatable bonds is 6. The molecule has 3 aromatic heterocycles. The van der Waals surface area contributed by atoms with E-state index in [0.717, 1.165) is 55.9 Å². The van der Waals surface area contributed by atoms with E-state index >= 15 is 0 Å². The van der Waals surface area contributed by atoms with Crippen molar-refractivity contribution in [2.75, 3.05) is 9.80 Å². The third-order valence-electron chi connectivity index (χ3n) is 12.0. The smallest absolute Gasteiger partial charge is 0.135 e. The van der Waals surface area contributed by atoms with Gasteiger partial charge < -0.3 is 19.1 Å². The van der Waals surface area contributed by atoms with E-state index in [1.165, 1.54) is 33.4 Å². The molecule has 0 bridgehead atoms. The second-order valence-corrected chi connectivity index (χ2v) is 19.6. The number of hydrogen-bond acceptors (Lipinski definition) is 5. The van der Waals surface area contributed by atoms with Crippen LogP contribution in [-0.4, -0.2) is 14.5 Å². The molecule has 0 spiro atoms. The van der Waals surface area contributed by atoms with Crippen LogP contribution in [0.25, 0.3) is 38.8 Å². The van der Waals surface area contributed by atoms with Gasteiger partial charge in [0, 0.05) is 68.0 Å². The Morgan fingerprint density at radius 3 is 2.02 bits per heavy atom. The second-order valence-electron chi connectivity index (χ2n) is 19.6. The molecule has 0 aliphatic carbocycles. The van der Waals surface area contributed by atoms with Crippen molar-refractivity contribution in [3.8, 4) is 28.4 Å². The number of nitrogens with zero attached hydrogens (tertiary/aromatic N) is 5. The molecule has 0 amide bonds. The number of pyridine rings is 2. The Morgan fingerprint density at radius 1 is 0.597 bits per heavy atom. The predicted molar refractivity (Wildman–Crippen MR) is 253 cm³/mol. The molecule has 8 aromatic rings. The van der Waals surface area contributed by atoms with E-state index in [1.54, 1.807) is 0 Å². The monoisotopic (exact) mass is 995 g/mol. The normalized spacial score (nSPS) is 13.1. The first-order chi connectivity index (χ1) is 28.9. The summed E-state index contributed by atoms with van der Waals surface area (Å²) in [5.74, 6) is 2.07. The summed E-state index contributed by atoms with van der Waals surface area (Å²) in [6, 6.07) is 44.3. The maximum Gasteiger partial charge on any atom is 0.135 e. The summed E-state index contributed by atoms with van der Waals surface area (Å²) in [5.41, 5.74) is 14.3. The van der Waals surface area contributed by atoms with Gasteiger partial charge in [-0.25, -0.2) is 4.98 Å². The Morgan fingerprint density at radius 2 is 1.29 bits per heavy atom. The van der Waals surface area contributed by atoms with Gasteiger partial charge in [-0.3, -0.25) is 4.98 Å². The summed E-state index contributed by atoms with van der Waals surface area (Å²) < 4.78 is 9.08. The van der Waals surface area contributed by atoms with Gasteiger partial charge in [0.1, 0.15) is 5.82 Å². The Hall–Kier alpha value is -5.71. The molecule has 318 valence electrons. The summed E-state index contributed by atoms with van der Waals surface area (Å²) in [6.07, 6.45) is 5.70. The zero-order valence-corrected chi connectivity index (χ0v) is 39.9. The largest absolute Gasteiger partial charge is 0.509 e. The molecular formula is C55H54N5OPt-3. The van der Waals surface area contributed by atoms with E-state index in [4.69, 9.17) is 9.72 Å². The average molecular weight is 996 g/mol. The molecule has 62 heavy (non-hydrogen) atoms. The van der Waals surface area contributed by atoms with Gasteiger partial charge in [0.25, 0.3) is 0 Å². The minimum absolute atomic E-state index is 0. The maximum absolute atomic E-state index is 6.84. The van der Waals surface area contributed by atoms with Crippen molar-refractivity contribution in [1.82, 2.24) is 14.5 Å². The van der Waals surface area contributed by atoms with Crippen LogP contribution in [0, 0.1) is 32.6 Å². The summed E-state index contributed by atoms with van der Waals surface area (Å²) in [5, 5.41) is 2.25. The molecule has 0 saturated carbocycles. The van der Waals surface area contributed by atoms with Crippen LogP contribution in [0.2, 0.25) is 0 Å². The van der Waals surface area contributed by atoms with Gasteiger partial charge in [-0.05, 0) is 105 Å². The van der Waals surface area contributed by atoms with E-state index in [2.05, 4.69) is 211 Å². The standard InChI is InChI=1S/C55H54N5O.Pt/c1-35-14-12-15-36(2)52(35)37-16-13-17-41(26-37)58-34-59(50-33-56-24-23-47(50)58)42-27-40(55(9,10)11)28-44(31-42)61-43-19-21-46-45-20-18-38(53(3,4)5)29-48(45)60(49(46)32-43)51-30-39(22-25-57-51)54(6,7)8;/h12-30,33-34H,1-11H3;/q-3;. The minimum atomic E-state index is -0.173. The van der Waals surface area contributed by atoms with E-state index < -0.39 is 0 Å². The summed E-state index contributed by atoms with van der Waals surface area (Å²) in [4.78, 5) is 13.9. The van der Waals surface area contributed by atoms with E-state index in [1.807, 2.05) is 24.7 Å². The van der Waals surface area contributed by atoms with Crippen molar-refractivity contribution in [2.45, 2.75) is 92.4 Å². The number of anilines is 4.